The predicted molar refractivity (Wildman–Crippen MR) is 145 cm³/mol. The molecule has 0 radical (unpaired) electrons. The number of hydrogen-bond acceptors (Lipinski definition) is 5. The van der Waals surface area contributed by atoms with Crippen molar-refractivity contribution in [1.29, 1.82) is 0 Å². The summed E-state index contributed by atoms with van der Waals surface area (Å²) >= 11 is 12.3. The molecular weight excluding hydrogens is 497 g/mol. The van der Waals surface area contributed by atoms with Gasteiger partial charge in [0.05, 0.1) is 11.6 Å². The molecule has 1 saturated heterocycles. The van der Waals surface area contributed by atoms with Crippen LogP contribution in [0.5, 0.6) is 5.75 Å². The molecule has 36 heavy (non-hydrogen) atoms. The van der Waals surface area contributed by atoms with Crippen LogP contribution in [-0.2, 0) is 9.53 Å². The minimum absolute atomic E-state index is 0.0246. The maximum Gasteiger partial charge on any atom is 0.302 e. The van der Waals surface area contributed by atoms with Crippen molar-refractivity contribution in [3.8, 4) is 5.75 Å². The molecule has 0 aliphatic carbocycles. The molecule has 3 rings (SSSR count). The number of halogens is 2. The Bertz CT molecular complexity index is 987. The minimum Gasteiger partial charge on any atom is -0.493 e. The van der Waals surface area contributed by atoms with Crippen molar-refractivity contribution < 1.29 is 19.1 Å². The van der Waals surface area contributed by atoms with Gasteiger partial charge in [0.2, 0.25) is 0 Å². The van der Waals surface area contributed by atoms with Crippen molar-refractivity contribution in [2.75, 3.05) is 26.2 Å². The van der Waals surface area contributed by atoms with Crippen LogP contribution in [0.15, 0.2) is 42.5 Å². The number of unbranched alkanes of at least 4 members (excludes halogenated alkanes) is 3. The zero-order chi connectivity index (χ0) is 25.9. The van der Waals surface area contributed by atoms with Gasteiger partial charge >= 0.3 is 5.97 Å². The Hall–Kier alpha value is -2.08. The van der Waals surface area contributed by atoms with E-state index in [1.165, 1.54) is 26.2 Å². The molecular formula is C29H37Cl2NO4. The molecule has 1 atom stereocenters. The molecule has 1 aliphatic heterocycles. The molecule has 0 saturated carbocycles. The molecule has 1 fully saturated rings. The maximum atomic E-state index is 12.7. The van der Waals surface area contributed by atoms with E-state index >= 15 is 0 Å². The molecule has 0 unspecified atom stereocenters. The lowest BCUT2D eigenvalue weighted by atomic mass is 9.97. The summed E-state index contributed by atoms with van der Waals surface area (Å²) in [4.78, 5) is 26.7. The number of carbonyl (C=O) groups is 2. The molecule has 0 bridgehead atoms. The normalized spacial score (nSPS) is 15.4. The number of nitrogens with zero attached hydrogens (tertiary/aromatic N) is 1. The Kier molecular flexibility index (Phi) is 11.6. The Morgan fingerprint density at radius 1 is 1.03 bits per heavy atom. The summed E-state index contributed by atoms with van der Waals surface area (Å²) in [5.41, 5.74) is 0.982. The van der Waals surface area contributed by atoms with Crippen molar-refractivity contribution >= 4 is 35.0 Å². The van der Waals surface area contributed by atoms with E-state index in [0.717, 1.165) is 45.3 Å². The molecule has 7 heteroatoms. The largest absolute Gasteiger partial charge is 0.493 e. The Morgan fingerprint density at radius 3 is 2.39 bits per heavy atom. The lowest BCUT2D eigenvalue weighted by Crippen LogP contribution is -2.41. The van der Waals surface area contributed by atoms with E-state index < -0.39 is 0 Å². The van der Waals surface area contributed by atoms with E-state index in [0.29, 0.717) is 39.4 Å². The van der Waals surface area contributed by atoms with Crippen LogP contribution >= 0.6 is 23.2 Å². The third-order valence-corrected chi connectivity index (χ3v) is 7.22. The van der Waals surface area contributed by atoms with E-state index in [9.17, 15) is 9.59 Å². The Balaban J connectivity index is 1.44. The standard InChI is InChI=1S/C29H37Cl2NO4/c1-3-4-5-6-7-26(36-21(2)33)19-32-16-14-22(15-17-32)20-35-25-12-13-27(28(31)18-25)29(34)23-8-10-24(30)11-9-23/h8-13,18,22,26H,3-7,14-17,19-20H2,1-2H3/t26-/m1/s1. The molecule has 196 valence electrons. The summed E-state index contributed by atoms with van der Waals surface area (Å²) in [6, 6.07) is 12.0. The number of carbonyl (C=O) groups excluding carboxylic acids is 2. The van der Waals surface area contributed by atoms with Crippen LogP contribution < -0.4 is 4.74 Å². The van der Waals surface area contributed by atoms with Crippen LogP contribution in [0, 0.1) is 5.92 Å². The summed E-state index contributed by atoms with van der Waals surface area (Å²) in [6.45, 7) is 7.04. The van der Waals surface area contributed by atoms with Gasteiger partial charge in [-0.2, -0.15) is 0 Å². The van der Waals surface area contributed by atoms with Crippen molar-refractivity contribution in [2.45, 2.75) is 64.9 Å². The van der Waals surface area contributed by atoms with Crippen molar-refractivity contribution in [1.82, 2.24) is 4.90 Å². The lowest BCUT2D eigenvalue weighted by Gasteiger charge is -2.34. The van der Waals surface area contributed by atoms with Crippen molar-refractivity contribution in [3.63, 3.8) is 0 Å². The van der Waals surface area contributed by atoms with Gasteiger partial charge in [0, 0.05) is 29.6 Å². The number of esters is 1. The van der Waals surface area contributed by atoms with E-state index in [1.807, 2.05) is 0 Å². The molecule has 0 aromatic heterocycles. The smallest absolute Gasteiger partial charge is 0.302 e. The number of rotatable bonds is 13. The fourth-order valence-corrected chi connectivity index (χ4v) is 4.97. The molecule has 2 aromatic rings. The summed E-state index contributed by atoms with van der Waals surface area (Å²) in [6.07, 6.45) is 7.68. The van der Waals surface area contributed by atoms with Crippen LogP contribution in [0.25, 0.3) is 0 Å². The van der Waals surface area contributed by atoms with Gasteiger partial charge in [0.1, 0.15) is 11.9 Å². The maximum absolute atomic E-state index is 12.7. The molecule has 2 aromatic carbocycles. The van der Waals surface area contributed by atoms with Crippen LogP contribution in [0.2, 0.25) is 10.0 Å². The second kappa shape index (κ2) is 14.6. The first-order chi connectivity index (χ1) is 17.4. The van der Waals surface area contributed by atoms with Crippen LogP contribution in [0.4, 0.5) is 0 Å². The average molecular weight is 535 g/mol. The van der Waals surface area contributed by atoms with Crippen LogP contribution in [0.1, 0.15) is 74.7 Å². The van der Waals surface area contributed by atoms with Gasteiger partial charge in [-0.15, -0.1) is 0 Å². The number of hydrogen-bond donors (Lipinski definition) is 0. The van der Waals surface area contributed by atoms with Crippen LogP contribution in [-0.4, -0.2) is 49.0 Å². The van der Waals surface area contributed by atoms with Crippen molar-refractivity contribution in [2.24, 2.45) is 5.92 Å². The van der Waals surface area contributed by atoms with Gasteiger partial charge in [0.15, 0.2) is 5.78 Å². The average Bonchev–Trinajstić information content (AvgIpc) is 2.86. The highest BCUT2D eigenvalue weighted by Crippen LogP contribution is 2.27. The molecule has 5 nitrogen and oxygen atoms in total. The Labute approximate surface area is 225 Å². The van der Waals surface area contributed by atoms with Gasteiger partial charge < -0.3 is 9.47 Å². The number of likely N-dealkylation sites (tertiary alicyclic amines) is 1. The second-order valence-corrected chi connectivity index (χ2v) is 10.5. The fourth-order valence-electron chi connectivity index (χ4n) is 4.59. The highest BCUT2D eigenvalue weighted by atomic mass is 35.5. The zero-order valence-corrected chi connectivity index (χ0v) is 22.8. The topological polar surface area (TPSA) is 55.8 Å². The summed E-state index contributed by atoms with van der Waals surface area (Å²) in [7, 11) is 0. The fraction of sp³-hybridized carbons (Fsp3) is 0.517. The van der Waals surface area contributed by atoms with E-state index in [4.69, 9.17) is 32.7 Å². The molecule has 0 N–H and O–H groups in total. The Morgan fingerprint density at radius 2 is 1.75 bits per heavy atom. The van der Waals surface area contributed by atoms with Crippen molar-refractivity contribution in [3.05, 3.63) is 63.6 Å². The summed E-state index contributed by atoms with van der Waals surface area (Å²) in [5, 5.41) is 0.955. The van der Waals surface area contributed by atoms with Gasteiger partial charge in [-0.05, 0) is 87.2 Å². The summed E-state index contributed by atoms with van der Waals surface area (Å²) < 4.78 is 11.6. The third kappa shape index (κ3) is 9.10. The number of ether oxygens (including phenoxy) is 2. The number of benzene rings is 2. The second-order valence-electron chi connectivity index (χ2n) is 9.61. The van der Waals surface area contributed by atoms with Gasteiger partial charge in [0.25, 0.3) is 0 Å². The molecule has 1 heterocycles. The monoisotopic (exact) mass is 533 g/mol. The first-order valence-electron chi connectivity index (χ1n) is 13.0. The minimum atomic E-state index is -0.196. The van der Waals surface area contributed by atoms with Gasteiger partial charge in [-0.3, -0.25) is 14.5 Å². The molecule has 1 aliphatic rings. The quantitative estimate of drug-likeness (QED) is 0.154. The van der Waals surface area contributed by atoms with E-state index in [1.54, 1.807) is 42.5 Å². The molecule has 0 amide bonds. The van der Waals surface area contributed by atoms with Gasteiger partial charge in [-0.25, -0.2) is 0 Å². The predicted octanol–water partition coefficient (Wildman–Crippen LogP) is 7.22. The number of piperidine rings is 1. The highest BCUT2D eigenvalue weighted by molar-refractivity contribution is 6.35. The molecule has 0 spiro atoms. The van der Waals surface area contributed by atoms with E-state index in [-0.39, 0.29) is 17.9 Å². The third-order valence-electron chi connectivity index (χ3n) is 6.66. The SMILES string of the molecule is CCCCCC[C@H](CN1CCC(COc2ccc(C(=O)c3ccc(Cl)cc3)c(Cl)c2)CC1)OC(C)=O. The van der Waals surface area contributed by atoms with Crippen LogP contribution in [0.3, 0.4) is 0 Å². The zero-order valence-electron chi connectivity index (χ0n) is 21.3. The highest BCUT2D eigenvalue weighted by Gasteiger charge is 2.23. The van der Waals surface area contributed by atoms with Gasteiger partial charge in [-0.1, -0.05) is 49.4 Å². The first-order valence-corrected chi connectivity index (χ1v) is 13.7. The first kappa shape index (κ1) is 28.5. The summed E-state index contributed by atoms with van der Waals surface area (Å²) in [5.74, 6) is 0.774. The van der Waals surface area contributed by atoms with E-state index in [2.05, 4.69) is 11.8 Å². The number of ketones is 1. The lowest BCUT2D eigenvalue weighted by molar-refractivity contribution is -0.147.